The van der Waals surface area contributed by atoms with Gasteiger partial charge >= 0.3 is 0 Å². The topological polar surface area (TPSA) is 84.0 Å². The van der Waals surface area contributed by atoms with Crippen molar-refractivity contribution in [1.29, 1.82) is 0 Å². The molecule has 0 unspecified atom stereocenters. The van der Waals surface area contributed by atoms with Crippen LogP contribution in [-0.2, 0) is 6.54 Å². The fourth-order valence-electron chi connectivity index (χ4n) is 1.51. The van der Waals surface area contributed by atoms with Gasteiger partial charge in [0.15, 0.2) is 5.76 Å². The van der Waals surface area contributed by atoms with Gasteiger partial charge in [0.25, 0.3) is 0 Å². The Morgan fingerprint density at radius 3 is 2.88 bits per heavy atom. The molecule has 2 rings (SSSR count). The number of rotatable bonds is 3. The van der Waals surface area contributed by atoms with Crippen LogP contribution in [-0.4, -0.2) is 20.9 Å². The van der Waals surface area contributed by atoms with E-state index in [-0.39, 0.29) is 5.69 Å². The zero-order chi connectivity index (χ0) is 11.7. The summed E-state index contributed by atoms with van der Waals surface area (Å²) >= 11 is 0. The number of hydrogen-bond donors (Lipinski definition) is 0. The summed E-state index contributed by atoms with van der Waals surface area (Å²) in [7, 11) is 0. The van der Waals surface area contributed by atoms with Crippen molar-refractivity contribution in [3.63, 3.8) is 0 Å². The van der Waals surface area contributed by atoms with Crippen molar-refractivity contribution in [1.82, 2.24) is 14.9 Å². The molecule has 2 heterocycles. The van der Waals surface area contributed by atoms with Gasteiger partial charge in [0.1, 0.15) is 5.69 Å². The summed E-state index contributed by atoms with van der Waals surface area (Å²) in [5, 5.41) is 18.1. The Balaban J connectivity index is 2.42. The van der Waals surface area contributed by atoms with E-state index >= 15 is 0 Å². The normalized spacial score (nSPS) is 10.6. The second kappa shape index (κ2) is 3.80. The maximum absolute atomic E-state index is 10.5. The summed E-state index contributed by atoms with van der Waals surface area (Å²) in [6.45, 7) is 4.59. The molecule has 0 spiro atoms. The Labute approximate surface area is 91.5 Å². The molecule has 6 heteroatoms. The van der Waals surface area contributed by atoms with Crippen LogP contribution in [0.1, 0.15) is 23.1 Å². The van der Waals surface area contributed by atoms with Crippen molar-refractivity contribution in [2.75, 3.05) is 0 Å². The molecule has 0 aromatic carbocycles. The second-order valence-electron chi connectivity index (χ2n) is 3.32. The van der Waals surface area contributed by atoms with E-state index in [0.717, 1.165) is 17.8 Å². The molecule has 16 heavy (non-hydrogen) atoms. The largest absolute Gasteiger partial charge is 0.543 e. The Hall–Kier alpha value is -2.11. The van der Waals surface area contributed by atoms with Crippen molar-refractivity contribution in [2.24, 2.45) is 0 Å². The fourth-order valence-corrected chi connectivity index (χ4v) is 1.51. The highest BCUT2D eigenvalue weighted by atomic mass is 16.5. The molecule has 0 N–H and O–H groups in total. The van der Waals surface area contributed by atoms with Crippen LogP contribution in [0.15, 0.2) is 16.8 Å². The molecular formula is C10H10N3O3-. The maximum Gasteiger partial charge on any atom is 0.170 e. The van der Waals surface area contributed by atoms with Crippen LogP contribution in [0.2, 0.25) is 0 Å². The third kappa shape index (κ3) is 1.58. The lowest BCUT2D eigenvalue weighted by molar-refractivity contribution is -0.255. The molecule has 0 aliphatic rings. The van der Waals surface area contributed by atoms with Gasteiger partial charge in [-0.3, -0.25) is 4.68 Å². The van der Waals surface area contributed by atoms with Crippen LogP contribution in [0.25, 0.3) is 11.3 Å². The summed E-state index contributed by atoms with van der Waals surface area (Å²) in [5.74, 6) is -0.966. The summed E-state index contributed by atoms with van der Waals surface area (Å²) in [6.07, 6.45) is 1.62. The molecule has 84 valence electrons. The lowest BCUT2D eigenvalue weighted by Crippen LogP contribution is -2.22. The molecule has 0 aliphatic carbocycles. The quantitative estimate of drug-likeness (QED) is 0.739. The van der Waals surface area contributed by atoms with Gasteiger partial charge < -0.3 is 14.4 Å². The minimum absolute atomic E-state index is 0.210. The van der Waals surface area contributed by atoms with Gasteiger partial charge in [-0.25, -0.2) is 0 Å². The first kappa shape index (κ1) is 10.4. The number of carbonyl (C=O) groups excluding carboxylic acids is 1. The summed E-state index contributed by atoms with van der Waals surface area (Å²) in [6, 6.07) is 1.33. The number of aromatic nitrogens is 3. The summed E-state index contributed by atoms with van der Waals surface area (Å²) in [4.78, 5) is 10.5. The first-order chi connectivity index (χ1) is 7.63. The number of carbonyl (C=O) groups is 1. The lowest BCUT2D eigenvalue weighted by atomic mass is 10.2. The molecular weight excluding hydrogens is 210 g/mol. The predicted octanol–water partition coefficient (Wildman–Crippen LogP) is 0.230. The molecule has 0 bridgehead atoms. The zero-order valence-electron chi connectivity index (χ0n) is 8.93. The van der Waals surface area contributed by atoms with E-state index in [1.807, 2.05) is 13.8 Å². The Bertz CT molecular complexity index is 527. The average Bonchev–Trinajstić information content (AvgIpc) is 2.83. The van der Waals surface area contributed by atoms with Crippen molar-refractivity contribution >= 4 is 5.97 Å². The van der Waals surface area contributed by atoms with Crippen LogP contribution < -0.4 is 5.11 Å². The van der Waals surface area contributed by atoms with Gasteiger partial charge in [-0.1, -0.05) is 5.16 Å². The van der Waals surface area contributed by atoms with E-state index < -0.39 is 5.97 Å². The van der Waals surface area contributed by atoms with Gasteiger partial charge in [0.05, 0.1) is 17.7 Å². The Morgan fingerprint density at radius 2 is 2.38 bits per heavy atom. The average molecular weight is 220 g/mol. The minimum Gasteiger partial charge on any atom is -0.543 e. The monoisotopic (exact) mass is 220 g/mol. The Morgan fingerprint density at radius 1 is 1.62 bits per heavy atom. The number of nitrogens with zero attached hydrogens (tertiary/aromatic N) is 3. The molecule has 2 aromatic heterocycles. The molecule has 0 saturated carbocycles. The maximum atomic E-state index is 10.5. The molecule has 0 amide bonds. The van der Waals surface area contributed by atoms with Gasteiger partial charge in [-0.15, -0.1) is 0 Å². The third-order valence-electron chi connectivity index (χ3n) is 2.39. The van der Waals surface area contributed by atoms with Gasteiger partial charge in [0, 0.05) is 18.3 Å². The van der Waals surface area contributed by atoms with Crippen molar-refractivity contribution in [3.8, 4) is 11.3 Å². The summed E-state index contributed by atoms with van der Waals surface area (Å²) < 4.78 is 6.71. The number of carboxylic acid groups (broad SMARTS) is 1. The molecule has 0 aliphatic heterocycles. The molecule has 0 saturated heterocycles. The van der Waals surface area contributed by atoms with E-state index in [4.69, 9.17) is 4.52 Å². The van der Waals surface area contributed by atoms with E-state index in [9.17, 15) is 9.90 Å². The highest BCUT2D eigenvalue weighted by Crippen LogP contribution is 2.23. The van der Waals surface area contributed by atoms with E-state index in [2.05, 4.69) is 10.3 Å². The van der Waals surface area contributed by atoms with E-state index in [0.29, 0.717) is 5.76 Å². The molecule has 6 nitrogen and oxygen atoms in total. The smallest absolute Gasteiger partial charge is 0.170 e. The van der Waals surface area contributed by atoms with E-state index in [1.165, 1.54) is 6.07 Å². The zero-order valence-corrected chi connectivity index (χ0v) is 8.93. The van der Waals surface area contributed by atoms with Crippen LogP contribution in [0, 0.1) is 6.92 Å². The molecule has 0 fully saturated rings. The SMILES string of the molecule is CCn1ncc(-c2cc(C(=O)[O-])no2)c1C. The molecule has 0 atom stereocenters. The van der Waals surface area contributed by atoms with Crippen molar-refractivity contribution in [2.45, 2.75) is 20.4 Å². The highest BCUT2D eigenvalue weighted by molar-refractivity contribution is 5.84. The van der Waals surface area contributed by atoms with Crippen molar-refractivity contribution in [3.05, 3.63) is 23.7 Å². The Kier molecular flexibility index (Phi) is 2.47. The predicted molar refractivity (Wildman–Crippen MR) is 52.5 cm³/mol. The summed E-state index contributed by atoms with van der Waals surface area (Å²) in [5.41, 5.74) is 1.43. The lowest BCUT2D eigenvalue weighted by Gasteiger charge is -1.98. The fraction of sp³-hybridized carbons (Fsp3) is 0.300. The third-order valence-corrected chi connectivity index (χ3v) is 2.39. The van der Waals surface area contributed by atoms with E-state index in [1.54, 1.807) is 10.9 Å². The van der Waals surface area contributed by atoms with Crippen molar-refractivity contribution < 1.29 is 14.4 Å². The first-order valence-corrected chi connectivity index (χ1v) is 4.84. The standard InChI is InChI=1S/C10H11N3O3/c1-3-13-6(2)7(5-11-13)9-4-8(10(14)15)12-16-9/h4-5H,3H2,1-2H3,(H,14,15)/p-1. The minimum atomic E-state index is -1.35. The van der Waals surface area contributed by atoms with Gasteiger partial charge in [0.2, 0.25) is 0 Å². The highest BCUT2D eigenvalue weighted by Gasteiger charge is 2.13. The first-order valence-electron chi connectivity index (χ1n) is 4.84. The number of aromatic carboxylic acids is 1. The van der Waals surface area contributed by atoms with Crippen LogP contribution in [0.5, 0.6) is 0 Å². The molecule has 0 radical (unpaired) electrons. The number of hydrogen-bond acceptors (Lipinski definition) is 5. The number of aryl methyl sites for hydroxylation is 1. The number of carboxylic acids is 1. The van der Waals surface area contributed by atoms with Crippen LogP contribution >= 0.6 is 0 Å². The molecule has 2 aromatic rings. The second-order valence-corrected chi connectivity index (χ2v) is 3.32. The van der Waals surface area contributed by atoms with Gasteiger partial charge in [-0.2, -0.15) is 5.10 Å². The van der Waals surface area contributed by atoms with Crippen LogP contribution in [0.3, 0.4) is 0 Å². The van der Waals surface area contributed by atoms with Crippen LogP contribution in [0.4, 0.5) is 0 Å². The van der Waals surface area contributed by atoms with Gasteiger partial charge in [-0.05, 0) is 13.8 Å².